The second-order valence-electron chi connectivity index (χ2n) is 11.3. The summed E-state index contributed by atoms with van der Waals surface area (Å²) in [7, 11) is -3.87. The van der Waals surface area contributed by atoms with Crippen LogP contribution in [0, 0.1) is 11.8 Å². The molecule has 1 N–H and O–H groups in total. The number of pyridine rings is 1. The van der Waals surface area contributed by atoms with E-state index in [1.165, 1.54) is 56.3 Å². The van der Waals surface area contributed by atoms with Crippen LogP contribution >= 0.6 is 0 Å². The Kier molecular flexibility index (Phi) is 9.77. The van der Waals surface area contributed by atoms with Gasteiger partial charge in [0.15, 0.2) is 0 Å². The van der Waals surface area contributed by atoms with Gasteiger partial charge in [0.25, 0.3) is 11.8 Å². The van der Waals surface area contributed by atoms with Gasteiger partial charge in [0.2, 0.25) is 10.0 Å². The van der Waals surface area contributed by atoms with Gasteiger partial charge in [0.1, 0.15) is 5.75 Å². The standard InChI is InChI=1S/C32H33F3N4O5S/c1-5-44-28-18-23(20-36-21-28)7-6-22-16-25(19-26(17-22)32(33,34)35)30(41)39-14-12-38(13-15-39)27-10-8-24(9-11-27)29(40)37-45(42,43)31(2,3)4/h8-11,16-21H,5,12-15H2,1-4H3,(H,37,40). The van der Waals surface area contributed by atoms with Crippen LogP contribution in [0.5, 0.6) is 5.75 Å². The zero-order valence-electron chi connectivity index (χ0n) is 25.2. The van der Waals surface area contributed by atoms with E-state index in [-0.39, 0.29) is 29.8 Å². The smallest absolute Gasteiger partial charge is 0.416 e. The van der Waals surface area contributed by atoms with Crippen molar-refractivity contribution in [3.63, 3.8) is 0 Å². The van der Waals surface area contributed by atoms with Crippen LogP contribution in [-0.4, -0.2) is 67.6 Å². The van der Waals surface area contributed by atoms with Crippen molar-refractivity contribution in [2.45, 2.75) is 38.6 Å². The Morgan fingerprint density at radius 3 is 2.16 bits per heavy atom. The number of nitrogens with one attached hydrogen (secondary N) is 1. The van der Waals surface area contributed by atoms with E-state index in [9.17, 15) is 31.2 Å². The summed E-state index contributed by atoms with van der Waals surface area (Å²) in [4.78, 5) is 33.3. The summed E-state index contributed by atoms with van der Waals surface area (Å²) in [6.07, 6.45) is -1.71. The Balaban J connectivity index is 1.45. The molecule has 1 saturated heterocycles. The highest BCUT2D eigenvalue weighted by Gasteiger charge is 2.33. The van der Waals surface area contributed by atoms with E-state index in [0.29, 0.717) is 31.0 Å². The molecule has 9 nitrogen and oxygen atoms in total. The van der Waals surface area contributed by atoms with Crippen molar-refractivity contribution in [3.8, 4) is 17.6 Å². The summed E-state index contributed by atoms with van der Waals surface area (Å²) in [5.41, 5.74) is 0.305. The number of halogens is 3. The van der Waals surface area contributed by atoms with Crippen molar-refractivity contribution in [1.29, 1.82) is 0 Å². The second kappa shape index (κ2) is 13.2. The minimum atomic E-state index is -4.68. The van der Waals surface area contributed by atoms with Crippen molar-refractivity contribution in [2.75, 3.05) is 37.7 Å². The summed E-state index contributed by atoms with van der Waals surface area (Å²) in [5, 5.41) is 0. The van der Waals surface area contributed by atoms with Crippen LogP contribution in [0.2, 0.25) is 0 Å². The first-order valence-corrected chi connectivity index (χ1v) is 15.6. The van der Waals surface area contributed by atoms with Crippen molar-refractivity contribution in [3.05, 3.63) is 88.7 Å². The minimum Gasteiger partial charge on any atom is -0.492 e. The second-order valence-corrected chi connectivity index (χ2v) is 13.7. The molecule has 0 spiro atoms. The van der Waals surface area contributed by atoms with Gasteiger partial charge >= 0.3 is 6.18 Å². The molecule has 0 unspecified atom stereocenters. The van der Waals surface area contributed by atoms with Crippen molar-refractivity contribution in [2.24, 2.45) is 0 Å². The first-order valence-electron chi connectivity index (χ1n) is 14.1. The molecule has 1 fully saturated rings. The molecule has 0 saturated carbocycles. The number of rotatable bonds is 6. The number of piperazine rings is 1. The number of alkyl halides is 3. The molecule has 2 heterocycles. The van der Waals surface area contributed by atoms with Crippen LogP contribution in [0.15, 0.2) is 60.9 Å². The van der Waals surface area contributed by atoms with Crippen molar-refractivity contribution in [1.82, 2.24) is 14.6 Å². The lowest BCUT2D eigenvalue weighted by atomic mass is 10.0. The zero-order chi connectivity index (χ0) is 33.0. The molecule has 0 atom stereocenters. The third-order valence-electron chi connectivity index (χ3n) is 6.98. The van der Waals surface area contributed by atoms with Crippen LogP contribution in [0.1, 0.15) is 65.1 Å². The normalized spacial score (nSPS) is 13.9. The van der Waals surface area contributed by atoms with Gasteiger partial charge in [-0.15, -0.1) is 0 Å². The third-order valence-corrected chi connectivity index (χ3v) is 9.04. The monoisotopic (exact) mass is 642 g/mol. The van der Waals surface area contributed by atoms with E-state index < -0.39 is 38.3 Å². The lowest BCUT2D eigenvalue weighted by molar-refractivity contribution is -0.137. The Hall–Kier alpha value is -4.57. The third kappa shape index (κ3) is 8.33. The molecular formula is C32H33F3N4O5S. The number of amides is 2. The van der Waals surface area contributed by atoms with Gasteiger partial charge in [-0.25, -0.2) is 13.1 Å². The molecule has 1 aliphatic rings. The first kappa shape index (κ1) is 33.3. The van der Waals surface area contributed by atoms with E-state index >= 15 is 0 Å². The number of carbonyl (C=O) groups excluding carboxylic acids is 2. The van der Waals surface area contributed by atoms with E-state index in [1.807, 2.05) is 11.8 Å². The van der Waals surface area contributed by atoms with E-state index in [1.54, 1.807) is 18.2 Å². The van der Waals surface area contributed by atoms with E-state index in [2.05, 4.69) is 21.5 Å². The maximum absolute atomic E-state index is 13.7. The molecule has 4 rings (SSSR count). The van der Waals surface area contributed by atoms with Crippen LogP contribution in [-0.2, 0) is 16.2 Å². The van der Waals surface area contributed by atoms with E-state index in [4.69, 9.17) is 4.74 Å². The van der Waals surface area contributed by atoms with Crippen molar-refractivity contribution < 1.29 is 35.9 Å². The largest absolute Gasteiger partial charge is 0.492 e. The number of anilines is 1. The summed E-state index contributed by atoms with van der Waals surface area (Å²) in [6, 6.07) is 11.1. The lowest BCUT2D eigenvalue weighted by Crippen LogP contribution is -2.48. The molecule has 2 aromatic carbocycles. The van der Waals surface area contributed by atoms with Gasteiger partial charge in [-0.3, -0.25) is 14.6 Å². The van der Waals surface area contributed by atoms with Crippen LogP contribution < -0.4 is 14.4 Å². The number of ether oxygens (including phenoxy) is 1. The fourth-order valence-electron chi connectivity index (χ4n) is 4.37. The van der Waals surface area contributed by atoms with Gasteiger partial charge in [-0.2, -0.15) is 13.2 Å². The van der Waals surface area contributed by atoms with Gasteiger partial charge in [0.05, 0.1) is 23.1 Å². The molecule has 0 radical (unpaired) electrons. The molecule has 0 aliphatic carbocycles. The van der Waals surface area contributed by atoms with Gasteiger partial charge < -0.3 is 14.5 Å². The van der Waals surface area contributed by atoms with Crippen LogP contribution in [0.25, 0.3) is 0 Å². The van der Waals surface area contributed by atoms with E-state index in [0.717, 1.165) is 17.8 Å². The molecule has 0 bridgehead atoms. The van der Waals surface area contributed by atoms with Crippen LogP contribution in [0.3, 0.4) is 0 Å². The summed E-state index contributed by atoms with van der Waals surface area (Å²) >= 11 is 0. The molecule has 1 aromatic heterocycles. The number of nitrogens with zero attached hydrogens (tertiary/aromatic N) is 3. The van der Waals surface area contributed by atoms with Gasteiger partial charge in [0, 0.05) is 60.3 Å². The predicted octanol–water partition coefficient (Wildman–Crippen LogP) is 4.72. The summed E-state index contributed by atoms with van der Waals surface area (Å²) in [5.74, 6) is 4.70. The zero-order valence-corrected chi connectivity index (χ0v) is 26.1. The quantitative estimate of drug-likeness (QED) is 0.388. The highest BCUT2D eigenvalue weighted by Crippen LogP contribution is 2.31. The molecular weight excluding hydrogens is 609 g/mol. The highest BCUT2D eigenvalue weighted by molar-refractivity contribution is 7.91. The number of hydrogen-bond donors (Lipinski definition) is 1. The fourth-order valence-corrected chi connectivity index (χ4v) is 5.04. The number of aromatic nitrogens is 1. The SMILES string of the molecule is CCOc1cncc(C#Cc2cc(C(=O)N3CCN(c4ccc(C(=O)NS(=O)(=O)C(C)(C)C)cc4)CC3)cc(C(F)(F)F)c2)c1. The minimum absolute atomic E-state index is 0.0352. The van der Waals surface area contributed by atoms with Gasteiger partial charge in [-0.05, 0) is 76.2 Å². The topological polar surface area (TPSA) is 109 Å². The molecule has 2 amide bonds. The Labute approximate surface area is 260 Å². The average Bonchev–Trinajstić information content (AvgIpc) is 2.99. The molecule has 1 aliphatic heterocycles. The van der Waals surface area contributed by atoms with Crippen LogP contribution in [0.4, 0.5) is 18.9 Å². The number of hydrogen-bond acceptors (Lipinski definition) is 7. The molecule has 238 valence electrons. The van der Waals surface area contributed by atoms with Gasteiger partial charge in [-0.1, -0.05) is 11.8 Å². The lowest BCUT2D eigenvalue weighted by Gasteiger charge is -2.36. The number of benzene rings is 2. The highest BCUT2D eigenvalue weighted by atomic mass is 32.2. The Morgan fingerprint density at radius 2 is 1.56 bits per heavy atom. The fraction of sp³-hybridized carbons (Fsp3) is 0.344. The number of sulfonamides is 1. The maximum Gasteiger partial charge on any atom is 0.416 e. The molecule has 3 aromatic rings. The number of carbonyl (C=O) groups is 2. The van der Waals surface area contributed by atoms with Crippen molar-refractivity contribution >= 4 is 27.5 Å². The molecule has 45 heavy (non-hydrogen) atoms. The maximum atomic E-state index is 13.7. The summed E-state index contributed by atoms with van der Waals surface area (Å²) in [6.45, 7) is 7.97. The Morgan fingerprint density at radius 1 is 0.911 bits per heavy atom. The average molecular weight is 643 g/mol. The summed E-state index contributed by atoms with van der Waals surface area (Å²) < 4.78 is 72.1. The molecule has 13 heteroatoms. The Bertz CT molecular complexity index is 1730. The predicted molar refractivity (Wildman–Crippen MR) is 164 cm³/mol. The first-order chi connectivity index (χ1) is 21.1.